The lowest BCUT2D eigenvalue weighted by molar-refractivity contribution is -0.274. The number of hydrogen-bond donors (Lipinski definition) is 2. The molecule has 2 N–H and O–H groups in total. The Labute approximate surface area is 235 Å². The first-order valence-corrected chi connectivity index (χ1v) is 13.0. The number of carboxylic acid groups (broad SMARTS) is 1. The number of alkyl halides is 3. The van der Waals surface area contributed by atoms with Crippen LogP contribution in [0.4, 0.5) is 13.2 Å². The molecule has 3 aromatic rings. The van der Waals surface area contributed by atoms with Gasteiger partial charge < -0.3 is 15.2 Å². The first-order chi connectivity index (χ1) is 19.4. The van der Waals surface area contributed by atoms with E-state index in [1.807, 2.05) is 12.1 Å². The Morgan fingerprint density at radius 2 is 1.37 bits per heavy atom. The van der Waals surface area contributed by atoms with E-state index in [9.17, 15) is 32.3 Å². The van der Waals surface area contributed by atoms with Crippen LogP contribution >= 0.6 is 0 Å². The molecule has 0 bridgehead atoms. The summed E-state index contributed by atoms with van der Waals surface area (Å²) >= 11 is 0. The monoisotopic (exact) mass is 569 g/mol. The standard InChI is InChI=1S/C31H30F3NO6/c1-3-19(2)20-4-8-22(9-5-20)27(36)18-26(29(39)23-12-14-25(15-13-23)41-31(32,33)34)21-6-10-24(11-7-21)30(40)35-17-16-28(37)38/h4-15,19,26H,3,16-18H2,1-2H3,(H,35,40)(H,37,38). The second-order valence-electron chi connectivity index (χ2n) is 9.57. The van der Waals surface area contributed by atoms with Gasteiger partial charge in [0, 0.05) is 29.7 Å². The number of halogens is 3. The highest BCUT2D eigenvalue weighted by molar-refractivity contribution is 6.06. The molecule has 2 unspecified atom stereocenters. The maximum absolute atomic E-state index is 13.6. The minimum atomic E-state index is -4.88. The molecular formula is C31H30F3NO6. The zero-order valence-corrected chi connectivity index (χ0v) is 22.5. The summed E-state index contributed by atoms with van der Waals surface area (Å²) in [6.07, 6.45) is -4.41. The van der Waals surface area contributed by atoms with Gasteiger partial charge in [-0.15, -0.1) is 13.2 Å². The number of ketones is 2. The highest BCUT2D eigenvalue weighted by atomic mass is 19.4. The fourth-order valence-electron chi connectivity index (χ4n) is 4.17. The van der Waals surface area contributed by atoms with Crippen molar-refractivity contribution < 1.29 is 42.2 Å². The van der Waals surface area contributed by atoms with Gasteiger partial charge in [0.25, 0.3) is 5.91 Å². The van der Waals surface area contributed by atoms with Crippen molar-refractivity contribution in [3.05, 3.63) is 101 Å². The number of Topliss-reactive ketones (excluding diaryl/α,β-unsaturated/α-hetero) is 2. The van der Waals surface area contributed by atoms with Crippen LogP contribution < -0.4 is 10.1 Å². The van der Waals surface area contributed by atoms with Crippen LogP contribution in [0.25, 0.3) is 0 Å². The molecule has 0 saturated carbocycles. The zero-order valence-electron chi connectivity index (χ0n) is 22.5. The van der Waals surface area contributed by atoms with Crippen LogP contribution in [0, 0.1) is 0 Å². The van der Waals surface area contributed by atoms with E-state index in [1.54, 1.807) is 12.1 Å². The molecule has 0 radical (unpaired) electrons. The second kappa shape index (κ2) is 13.7. The summed E-state index contributed by atoms with van der Waals surface area (Å²) in [4.78, 5) is 49.8. The van der Waals surface area contributed by atoms with Gasteiger partial charge in [-0.25, -0.2) is 0 Å². The number of hydrogen-bond acceptors (Lipinski definition) is 5. The summed E-state index contributed by atoms with van der Waals surface area (Å²) < 4.78 is 41.5. The first-order valence-electron chi connectivity index (χ1n) is 13.0. The normalized spacial score (nSPS) is 12.7. The summed E-state index contributed by atoms with van der Waals surface area (Å²) in [6.45, 7) is 4.08. The summed E-state index contributed by atoms with van der Waals surface area (Å²) in [7, 11) is 0. The lowest BCUT2D eigenvalue weighted by Gasteiger charge is -2.17. The van der Waals surface area contributed by atoms with E-state index in [0.29, 0.717) is 17.0 Å². The van der Waals surface area contributed by atoms with Gasteiger partial charge in [0.05, 0.1) is 12.3 Å². The predicted molar refractivity (Wildman–Crippen MR) is 145 cm³/mol. The van der Waals surface area contributed by atoms with Crippen LogP contribution in [0.15, 0.2) is 72.8 Å². The number of amides is 1. The summed E-state index contributed by atoms with van der Waals surface area (Å²) in [6, 6.07) is 17.6. The van der Waals surface area contributed by atoms with Crippen LogP contribution in [0.1, 0.15) is 87.1 Å². The fraction of sp³-hybridized carbons (Fsp3) is 0.290. The second-order valence-corrected chi connectivity index (χ2v) is 9.57. The van der Waals surface area contributed by atoms with Gasteiger partial charge in [-0.05, 0) is 59.9 Å². The maximum atomic E-state index is 13.6. The van der Waals surface area contributed by atoms with Gasteiger partial charge in [0.15, 0.2) is 11.6 Å². The molecule has 3 rings (SSSR count). The Kier molecular flexibility index (Phi) is 10.4. The highest BCUT2D eigenvalue weighted by Gasteiger charge is 2.31. The van der Waals surface area contributed by atoms with Crippen molar-refractivity contribution in [1.82, 2.24) is 5.32 Å². The molecule has 0 saturated heterocycles. The Balaban J connectivity index is 1.87. The first kappa shape index (κ1) is 31.1. The van der Waals surface area contributed by atoms with Crippen molar-refractivity contribution in [1.29, 1.82) is 0 Å². The predicted octanol–water partition coefficient (Wildman–Crippen LogP) is 6.54. The molecule has 216 valence electrons. The van der Waals surface area contributed by atoms with Crippen molar-refractivity contribution >= 4 is 23.4 Å². The summed E-state index contributed by atoms with van der Waals surface area (Å²) in [5, 5.41) is 11.2. The average Bonchev–Trinajstić information content (AvgIpc) is 2.94. The van der Waals surface area contributed by atoms with Crippen molar-refractivity contribution in [2.45, 2.75) is 51.3 Å². The minimum Gasteiger partial charge on any atom is -0.481 e. The van der Waals surface area contributed by atoms with Crippen molar-refractivity contribution in [3.8, 4) is 5.75 Å². The molecule has 0 aromatic heterocycles. The number of carbonyl (C=O) groups is 4. The molecule has 41 heavy (non-hydrogen) atoms. The van der Waals surface area contributed by atoms with Crippen molar-refractivity contribution in [2.75, 3.05) is 6.54 Å². The number of benzene rings is 3. The highest BCUT2D eigenvalue weighted by Crippen LogP contribution is 2.29. The Morgan fingerprint density at radius 1 is 0.829 bits per heavy atom. The third-order valence-electron chi connectivity index (χ3n) is 6.69. The average molecular weight is 570 g/mol. The van der Waals surface area contributed by atoms with Gasteiger partial charge in [0.1, 0.15) is 5.75 Å². The molecule has 0 aliphatic rings. The molecule has 1 amide bonds. The zero-order chi connectivity index (χ0) is 30.2. The molecule has 10 heteroatoms. The van der Waals surface area contributed by atoms with E-state index in [-0.39, 0.29) is 36.3 Å². The Bertz CT molecular complexity index is 1370. The maximum Gasteiger partial charge on any atom is 0.573 e. The summed E-state index contributed by atoms with van der Waals surface area (Å²) in [5.41, 5.74) is 2.23. The van der Waals surface area contributed by atoms with E-state index >= 15 is 0 Å². The molecular weight excluding hydrogens is 539 g/mol. The SMILES string of the molecule is CCC(C)c1ccc(C(=O)CC(C(=O)c2ccc(OC(F)(F)F)cc2)c2ccc(C(=O)NCCC(=O)O)cc2)cc1. The van der Waals surface area contributed by atoms with E-state index < -0.39 is 35.7 Å². The smallest absolute Gasteiger partial charge is 0.481 e. The Morgan fingerprint density at radius 3 is 1.90 bits per heavy atom. The van der Waals surface area contributed by atoms with Crippen molar-refractivity contribution in [3.63, 3.8) is 0 Å². The van der Waals surface area contributed by atoms with Gasteiger partial charge in [-0.2, -0.15) is 0 Å². The number of carbonyl (C=O) groups excluding carboxylic acids is 3. The molecule has 2 atom stereocenters. The molecule has 0 fully saturated rings. The van der Waals surface area contributed by atoms with E-state index in [0.717, 1.165) is 24.1 Å². The fourth-order valence-corrected chi connectivity index (χ4v) is 4.17. The molecule has 0 aliphatic carbocycles. The lowest BCUT2D eigenvalue weighted by atomic mass is 9.84. The number of rotatable bonds is 13. The van der Waals surface area contributed by atoms with Crippen LogP contribution in [0.5, 0.6) is 5.75 Å². The molecule has 7 nitrogen and oxygen atoms in total. The third kappa shape index (κ3) is 9.02. The van der Waals surface area contributed by atoms with E-state index in [2.05, 4.69) is 23.9 Å². The number of aliphatic carboxylic acids is 1. The van der Waals surface area contributed by atoms with Crippen LogP contribution in [0.3, 0.4) is 0 Å². The lowest BCUT2D eigenvalue weighted by Crippen LogP contribution is -2.26. The number of ether oxygens (including phenoxy) is 1. The Hall–Kier alpha value is -4.47. The van der Waals surface area contributed by atoms with Gasteiger partial charge >= 0.3 is 12.3 Å². The number of carboxylic acids is 1. The van der Waals surface area contributed by atoms with Crippen LogP contribution in [0.2, 0.25) is 0 Å². The van der Waals surface area contributed by atoms with Crippen LogP contribution in [-0.4, -0.2) is 41.5 Å². The molecule has 0 heterocycles. The van der Waals surface area contributed by atoms with Crippen LogP contribution in [-0.2, 0) is 4.79 Å². The quantitative estimate of drug-likeness (QED) is 0.226. The van der Waals surface area contributed by atoms with E-state index in [1.165, 1.54) is 36.4 Å². The van der Waals surface area contributed by atoms with E-state index in [4.69, 9.17) is 5.11 Å². The molecule has 0 spiro atoms. The van der Waals surface area contributed by atoms with Gasteiger partial charge in [0.2, 0.25) is 0 Å². The molecule has 3 aromatic carbocycles. The number of nitrogens with one attached hydrogen (secondary N) is 1. The summed E-state index contributed by atoms with van der Waals surface area (Å²) in [5.74, 6) is -3.51. The molecule has 0 aliphatic heterocycles. The topological polar surface area (TPSA) is 110 Å². The largest absolute Gasteiger partial charge is 0.573 e. The minimum absolute atomic E-state index is 0.0601. The third-order valence-corrected chi connectivity index (χ3v) is 6.69. The van der Waals surface area contributed by atoms with Gasteiger partial charge in [-0.3, -0.25) is 19.2 Å². The van der Waals surface area contributed by atoms with Gasteiger partial charge in [-0.1, -0.05) is 50.2 Å². The van der Waals surface area contributed by atoms with Crippen molar-refractivity contribution in [2.24, 2.45) is 0 Å².